The third kappa shape index (κ3) is 4.96. The van der Waals surface area contributed by atoms with Gasteiger partial charge in [0.2, 0.25) is 0 Å². The second-order valence-corrected chi connectivity index (χ2v) is 7.04. The minimum absolute atomic E-state index is 0.113. The molecule has 4 heteroatoms. The zero-order valence-electron chi connectivity index (χ0n) is 14.7. The number of benzene rings is 1. The summed E-state index contributed by atoms with van der Waals surface area (Å²) >= 11 is 0. The Bertz CT molecular complexity index is 506. The smallest absolute Gasteiger partial charge is 0.256 e. The topological polar surface area (TPSA) is 47.6 Å². The first-order valence-electron chi connectivity index (χ1n) is 8.56. The Hall–Kier alpha value is -1.55. The molecule has 0 spiro atoms. The molecule has 2 rings (SSSR count). The number of carbonyl (C=O) groups is 1. The summed E-state index contributed by atoms with van der Waals surface area (Å²) in [5.41, 5.74) is -0.0477. The van der Waals surface area contributed by atoms with Crippen LogP contribution in [0.3, 0.4) is 0 Å². The molecule has 1 aromatic rings. The van der Waals surface area contributed by atoms with Gasteiger partial charge in [-0.05, 0) is 69.2 Å². The van der Waals surface area contributed by atoms with Crippen molar-refractivity contribution < 1.29 is 14.3 Å². The molecule has 1 aliphatic rings. The van der Waals surface area contributed by atoms with Crippen molar-refractivity contribution in [1.82, 2.24) is 0 Å². The molecule has 1 unspecified atom stereocenters. The number of hydrogen-bond acceptors (Lipinski definition) is 3. The third-order valence-electron chi connectivity index (χ3n) is 4.45. The molecule has 0 aromatic heterocycles. The maximum absolute atomic E-state index is 12.5. The molecule has 128 valence electrons. The highest BCUT2D eigenvalue weighted by Gasteiger charge is 2.33. The van der Waals surface area contributed by atoms with E-state index >= 15 is 0 Å². The van der Waals surface area contributed by atoms with E-state index in [0.717, 1.165) is 24.3 Å². The third-order valence-corrected chi connectivity index (χ3v) is 4.45. The van der Waals surface area contributed by atoms with Crippen LogP contribution in [0.25, 0.3) is 0 Å². The summed E-state index contributed by atoms with van der Waals surface area (Å²) in [6, 6.07) is 7.60. The number of hydrogen-bond donors (Lipinski definition) is 1. The van der Waals surface area contributed by atoms with E-state index in [1.807, 2.05) is 31.2 Å². The number of rotatable bonds is 7. The van der Waals surface area contributed by atoms with Gasteiger partial charge in [-0.2, -0.15) is 0 Å². The summed E-state index contributed by atoms with van der Waals surface area (Å²) in [5.74, 6) is 1.14. The van der Waals surface area contributed by atoms with Gasteiger partial charge in [-0.25, -0.2) is 0 Å². The molecule has 1 saturated carbocycles. The van der Waals surface area contributed by atoms with Crippen molar-refractivity contribution in [2.45, 2.75) is 64.6 Å². The highest BCUT2D eigenvalue weighted by molar-refractivity contribution is 5.97. The first kappa shape index (κ1) is 17.8. The van der Waals surface area contributed by atoms with Gasteiger partial charge < -0.3 is 14.8 Å². The molecule has 1 amide bonds. The lowest BCUT2D eigenvalue weighted by molar-refractivity contribution is -0.137. The number of carbonyl (C=O) groups excluding carboxylic acids is 1. The summed E-state index contributed by atoms with van der Waals surface area (Å²) in [7, 11) is 1.58. The lowest BCUT2D eigenvalue weighted by Gasteiger charge is -2.28. The van der Waals surface area contributed by atoms with Crippen molar-refractivity contribution in [1.29, 1.82) is 0 Å². The monoisotopic (exact) mass is 319 g/mol. The molecule has 0 aliphatic heterocycles. The van der Waals surface area contributed by atoms with Crippen LogP contribution in [0.2, 0.25) is 0 Å². The Kier molecular flexibility index (Phi) is 6.05. The summed E-state index contributed by atoms with van der Waals surface area (Å²) in [6.45, 7) is 6.00. The van der Waals surface area contributed by atoms with E-state index in [1.54, 1.807) is 7.11 Å². The number of methoxy groups -OCH3 is 1. The van der Waals surface area contributed by atoms with Crippen LogP contribution < -0.4 is 10.1 Å². The van der Waals surface area contributed by atoms with Gasteiger partial charge in [0, 0.05) is 12.8 Å². The van der Waals surface area contributed by atoms with Crippen LogP contribution >= 0.6 is 0 Å². The van der Waals surface area contributed by atoms with E-state index in [4.69, 9.17) is 9.47 Å². The molecule has 1 aliphatic carbocycles. The number of nitrogens with one attached hydrogen (secondary N) is 1. The van der Waals surface area contributed by atoms with Crippen molar-refractivity contribution in [3.63, 3.8) is 0 Å². The molecule has 1 fully saturated rings. The molecule has 0 heterocycles. The fraction of sp³-hybridized carbons (Fsp3) is 0.632. The predicted molar refractivity (Wildman–Crippen MR) is 92.8 cm³/mol. The summed E-state index contributed by atoms with van der Waals surface area (Å²) in [6.07, 6.45) is 5.81. The minimum atomic E-state index is -0.812. The van der Waals surface area contributed by atoms with Crippen molar-refractivity contribution in [3.8, 4) is 5.75 Å². The lowest BCUT2D eigenvalue weighted by atomic mass is 9.93. The quantitative estimate of drug-likeness (QED) is 0.810. The molecule has 1 atom stereocenters. The van der Waals surface area contributed by atoms with Gasteiger partial charge in [0.15, 0.2) is 0 Å². The Labute approximate surface area is 139 Å². The van der Waals surface area contributed by atoms with E-state index in [9.17, 15) is 4.79 Å². The zero-order valence-corrected chi connectivity index (χ0v) is 14.7. The Balaban J connectivity index is 1.95. The molecular formula is C19H29NO3. The molecule has 0 bridgehead atoms. The Morgan fingerprint density at radius 1 is 1.26 bits per heavy atom. The summed E-state index contributed by atoms with van der Waals surface area (Å²) in [4.78, 5) is 12.5. The summed E-state index contributed by atoms with van der Waals surface area (Å²) in [5, 5.41) is 2.94. The molecule has 4 nitrogen and oxygen atoms in total. The van der Waals surface area contributed by atoms with Crippen LogP contribution in [0.15, 0.2) is 24.3 Å². The molecule has 1 aromatic carbocycles. The van der Waals surface area contributed by atoms with Crippen molar-refractivity contribution in [2.75, 3.05) is 12.4 Å². The van der Waals surface area contributed by atoms with Crippen LogP contribution in [0.1, 0.15) is 52.9 Å². The van der Waals surface area contributed by atoms with E-state index < -0.39 is 5.60 Å². The SMILES string of the molecule is COC(C)(CC(C)C)C(=O)Nc1ccc(OC2CCCC2)cc1. The van der Waals surface area contributed by atoms with Crippen molar-refractivity contribution in [2.24, 2.45) is 5.92 Å². The van der Waals surface area contributed by atoms with Crippen LogP contribution in [0, 0.1) is 5.92 Å². The second kappa shape index (κ2) is 7.82. The molecule has 0 saturated heterocycles. The maximum atomic E-state index is 12.5. The maximum Gasteiger partial charge on any atom is 0.256 e. The normalized spacial score (nSPS) is 18.0. The van der Waals surface area contributed by atoms with Gasteiger partial charge in [0.05, 0.1) is 6.10 Å². The highest BCUT2D eigenvalue weighted by atomic mass is 16.5. The largest absolute Gasteiger partial charge is 0.490 e. The van der Waals surface area contributed by atoms with Gasteiger partial charge in [-0.3, -0.25) is 4.79 Å². The van der Waals surface area contributed by atoms with Crippen LogP contribution in [-0.4, -0.2) is 24.7 Å². The van der Waals surface area contributed by atoms with Gasteiger partial charge in [0.1, 0.15) is 11.4 Å². The number of ether oxygens (including phenoxy) is 2. The summed E-state index contributed by atoms with van der Waals surface area (Å²) < 4.78 is 11.4. The second-order valence-electron chi connectivity index (χ2n) is 7.04. The zero-order chi connectivity index (χ0) is 16.9. The van der Waals surface area contributed by atoms with Crippen molar-refractivity contribution in [3.05, 3.63) is 24.3 Å². The predicted octanol–water partition coefficient (Wildman–Crippen LogP) is 4.40. The van der Waals surface area contributed by atoms with Crippen LogP contribution in [-0.2, 0) is 9.53 Å². The van der Waals surface area contributed by atoms with E-state index in [-0.39, 0.29) is 5.91 Å². The molecule has 1 N–H and O–H groups in total. The number of amides is 1. The van der Waals surface area contributed by atoms with Gasteiger partial charge in [0.25, 0.3) is 5.91 Å². The van der Waals surface area contributed by atoms with Crippen LogP contribution in [0.4, 0.5) is 5.69 Å². The van der Waals surface area contributed by atoms with Crippen molar-refractivity contribution >= 4 is 11.6 Å². The van der Waals surface area contributed by atoms with E-state index in [0.29, 0.717) is 18.4 Å². The van der Waals surface area contributed by atoms with Gasteiger partial charge in [-0.1, -0.05) is 13.8 Å². The first-order chi connectivity index (χ1) is 10.9. The highest BCUT2D eigenvalue weighted by Crippen LogP contribution is 2.26. The first-order valence-corrected chi connectivity index (χ1v) is 8.56. The lowest BCUT2D eigenvalue weighted by Crippen LogP contribution is -2.43. The number of anilines is 1. The minimum Gasteiger partial charge on any atom is -0.490 e. The average Bonchev–Trinajstić information content (AvgIpc) is 3.01. The van der Waals surface area contributed by atoms with E-state index in [1.165, 1.54) is 12.8 Å². The average molecular weight is 319 g/mol. The Morgan fingerprint density at radius 3 is 2.39 bits per heavy atom. The standard InChI is InChI=1S/C19H29NO3/c1-14(2)13-19(3,22-4)18(21)20-15-9-11-17(12-10-15)23-16-7-5-6-8-16/h9-12,14,16H,5-8,13H2,1-4H3,(H,20,21). The molecular weight excluding hydrogens is 290 g/mol. The Morgan fingerprint density at radius 2 is 1.87 bits per heavy atom. The van der Waals surface area contributed by atoms with E-state index in [2.05, 4.69) is 19.2 Å². The van der Waals surface area contributed by atoms with Gasteiger partial charge >= 0.3 is 0 Å². The fourth-order valence-corrected chi connectivity index (χ4v) is 3.13. The van der Waals surface area contributed by atoms with Crippen LogP contribution in [0.5, 0.6) is 5.75 Å². The molecule has 23 heavy (non-hydrogen) atoms. The van der Waals surface area contributed by atoms with Gasteiger partial charge in [-0.15, -0.1) is 0 Å². The fourth-order valence-electron chi connectivity index (χ4n) is 3.13. The molecule has 0 radical (unpaired) electrons.